The normalized spacial score (nSPS) is 12.3. The van der Waals surface area contributed by atoms with Gasteiger partial charge in [0.25, 0.3) is 5.91 Å². The predicted octanol–water partition coefficient (Wildman–Crippen LogP) is 4.14. The SMILES string of the molecule is Cc1cc(C(=O)NC(C)(C)C)cc(-c2ccnn2C(C)(C)C)c1. The quantitative estimate of drug-likeness (QED) is 0.905. The molecule has 4 nitrogen and oxygen atoms in total. The van der Waals surface area contributed by atoms with Crippen molar-refractivity contribution in [2.45, 2.75) is 59.5 Å². The number of rotatable bonds is 2. The Bertz CT molecular complexity index is 715. The predicted molar refractivity (Wildman–Crippen MR) is 94.6 cm³/mol. The fraction of sp³-hybridized carbons (Fsp3) is 0.474. The molecule has 0 saturated carbocycles. The van der Waals surface area contributed by atoms with Crippen molar-refractivity contribution in [2.24, 2.45) is 0 Å². The molecule has 0 unspecified atom stereocenters. The summed E-state index contributed by atoms with van der Waals surface area (Å²) in [6.45, 7) is 14.3. The molecule has 0 aliphatic heterocycles. The van der Waals surface area contributed by atoms with Crippen LogP contribution < -0.4 is 5.32 Å². The summed E-state index contributed by atoms with van der Waals surface area (Å²) < 4.78 is 1.99. The van der Waals surface area contributed by atoms with Gasteiger partial charge in [0.2, 0.25) is 0 Å². The highest BCUT2D eigenvalue weighted by Crippen LogP contribution is 2.27. The summed E-state index contributed by atoms with van der Waals surface area (Å²) in [6, 6.07) is 7.94. The van der Waals surface area contributed by atoms with Crippen LogP contribution in [-0.4, -0.2) is 21.2 Å². The van der Waals surface area contributed by atoms with Crippen molar-refractivity contribution in [3.8, 4) is 11.3 Å². The number of carbonyl (C=O) groups is 1. The van der Waals surface area contributed by atoms with Gasteiger partial charge in [0, 0.05) is 22.9 Å². The average Bonchev–Trinajstić information content (AvgIpc) is 2.84. The highest BCUT2D eigenvalue weighted by molar-refractivity contribution is 5.96. The number of hydrogen-bond donors (Lipinski definition) is 1. The molecule has 124 valence electrons. The molecule has 0 aliphatic carbocycles. The molecule has 2 rings (SSSR count). The summed E-state index contributed by atoms with van der Waals surface area (Å²) in [5.41, 5.74) is 3.40. The molecule has 0 fully saturated rings. The number of hydrogen-bond acceptors (Lipinski definition) is 2. The minimum Gasteiger partial charge on any atom is -0.347 e. The Morgan fingerprint density at radius 1 is 1.09 bits per heavy atom. The second-order valence-corrected chi connectivity index (χ2v) is 8.09. The average molecular weight is 313 g/mol. The van der Waals surface area contributed by atoms with Gasteiger partial charge in [-0.2, -0.15) is 5.10 Å². The van der Waals surface area contributed by atoms with Crippen LogP contribution in [0.25, 0.3) is 11.3 Å². The van der Waals surface area contributed by atoms with Gasteiger partial charge in [-0.15, -0.1) is 0 Å². The van der Waals surface area contributed by atoms with Gasteiger partial charge in [-0.3, -0.25) is 9.48 Å². The molecule has 0 bridgehead atoms. The van der Waals surface area contributed by atoms with Crippen molar-refractivity contribution < 1.29 is 4.79 Å². The van der Waals surface area contributed by atoms with Crippen molar-refractivity contribution in [1.82, 2.24) is 15.1 Å². The van der Waals surface area contributed by atoms with E-state index in [4.69, 9.17) is 0 Å². The number of nitrogens with zero attached hydrogens (tertiary/aromatic N) is 2. The Hall–Kier alpha value is -2.10. The van der Waals surface area contributed by atoms with Crippen LogP contribution in [0.2, 0.25) is 0 Å². The highest BCUT2D eigenvalue weighted by Gasteiger charge is 2.20. The van der Waals surface area contributed by atoms with Gasteiger partial charge >= 0.3 is 0 Å². The van der Waals surface area contributed by atoms with E-state index in [0.717, 1.165) is 16.8 Å². The first-order valence-corrected chi connectivity index (χ1v) is 7.96. The van der Waals surface area contributed by atoms with Crippen molar-refractivity contribution >= 4 is 5.91 Å². The largest absolute Gasteiger partial charge is 0.347 e. The number of amides is 1. The van der Waals surface area contributed by atoms with E-state index < -0.39 is 0 Å². The molecule has 0 spiro atoms. The van der Waals surface area contributed by atoms with Crippen molar-refractivity contribution in [1.29, 1.82) is 0 Å². The monoisotopic (exact) mass is 313 g/mol. The first-order valence-electron chi connectivity index (χ1n) is 7.96. The molecule has 1 amide bonds. The Morgan fingerprint density at radius 2 is 1.74 bits per heavy atom. The van der Waals surface area contributed by atoms with Gasteiger partial charge in [-0.25, -0.2) is 0 Å². The van der Waals surface area contributed by atoms with E-state index in [1.165, 1.54) is 0 Å². The van der Waals surface area contributed by atoms with Gasteiger partial charge in [-0.1, -0.05) is 0 Å². The van der Waals surface area contributed by atoms with Crippen LogP contribution in [0.5, 0.6) is 0 Å². The van der Waals surface area contributed by atoms with Gasteiger partial charge in [0.15, 0.2) is 0 Å². The maximum absolute atomic E-state index is 12.5. The van der Waals surface area contributed by atoms with E-state index in [9.17, 15) is 4.79 Å². The van der Waals surface area contributed by atoms with Crippen LogP contribution in [0.3, 0.4) is 0 Å². The first-order chi connectivity index (χ1) is 10.5. The van der Waals surface area contributed by atoms with Crippen LogP contribution in [-0.2, 0) is 5.54 Å². The fourth-order valence-corrected chi connectivity index (χ4v) is 2.53. The van der Waals surface area contributed by atoms with Crippen molar-refractivity contribution in [3.63, 3.8) is 0 Å². The van der Waals surface area contributed by atoms with Gasteiger partial charge in [0.1, 0.15) is 0 Å². The van der Waals surface area contributed by atoms with Gasteiger partial charge in [0.05, 0.1) is 11.2 Å². The van der Waals surface area contributed by atoms with Crippen LogP contribution in [0, 0.1) is 6.92 Å². The topological polar surface area (TPSA) is 46.9 Å². The maximum Gasteiger partial charge on any atom is 0.251 e. The second kappa shape index (κ2) is 5.84. The molecule has 0 saturated heterocycles. The van der Waals surface area contributed by atoms with Gasteiger partial charge in [-0.05, 0) is 78.3 Å². The number of aromatic nitrogens is 2. The third-order valence-electron chi connectivity index (χ3n) is 3.40. The van der Waals surface area contributed by atoms with E-state index in [0.29, 0.717) is 5.56 Å². The Balaban J connectivity index is 2.47. The van der Waals surface area contributed by atoms with E-state index >= 15 is 0 Å². The zero-order valence-corrected chi connectivity index (χ0v) is 15.2. The number of benzene rings is 1. The number of nitrogens with one attached hydrogen (secondary N) is 1. The zero-order chi connectivity index (χ0) is 17.4. The van der Waals surface area contributed by atoms with E-state index in [-0.39, 0.29) is 17.0 Å². The van der Waals surface area contributed by atoms with E-state index in [1.807, 2.05) is 50.6 Å². The molecule has 23 heavy (non-hydrogen) atoms. The lowest BCUT2D eigenvalue weighted by atomic mass is 10.0. The highest BCUT2D eigenvalue weighted by atomic mass is 16.1. The minimum absolute atomic E-state index is 0.0516. The lowest BCUT2D eigenvalue weighted by Gasteiger charge is -2.23. The van der Waals surface area contributed by atoms with Crippen molar-refractivity contribution in [3.05, 3.63) is 41.6 Å². The van der Waals surface area contributed by atoms with E-state index in [2.05, 4.69) is 37.3 Å². The summed E-state index contributed by atoms with van der Waals surface area (Å²) in [5, 5.41) is 7.46. The van der Waals surface area contributed by atoms with E-state index in [1.54, 1.807) is 6.20 Å². The smallest absolute Gasteiger partial charge is 0.251 e. The lowest BCUT2D eigenvalue weighted by Crippen LogP contribution is -2.40. The molecular formula is C19H27N3O. The fourth-order valence-electron chi connectivity index (χ4n) is 2.53. The molecule has 0 atom stereocenters. The molecule has 0 aliphatic rings. The number of aryl methyl sites for hydroxylation is 1. The molecular weight excluding hydrogens is 286 g/mol. The van der Waals surface area contributed by atoms with Crippen LogP contribution in [0.4, 0.5) is 0 Å². The van der Waals surface area contributed by atoms with Crippen LogP contribution >= 0.6 is 0 Å². The van der Waals surface area contributed by atoms with Crippen molar-refractivity contribution in [2.75, 3.05) is 0 Å². The summed E-state index contributed by atoms with van der Waals surface area (Å²) in [4.78, 5) is 12.5. The van der Waals surface area contributed by atoms with Crippen LogP contribution in [0.15, 0.2) is 30.5 Å². The Morgan fingerprint density at radius 3 is 2.30 bits per heavy atom. The molecule has 4 heteroatoms. The van der Waals surface area contributed by atoms with Crippen LogP contribution in [0.1, 0.15) is 57.5 Å². The first kappa shape index (κ1) is 17.3. The standard InChI is InChI=1S/C19H27N3O/c1-13-10-14(16-8-9-20-22(16)19(5,6)7)12-15(11-13)17(23)21-18(2,3)4/h8-12H,1-7H3,(H,21,23). The summed E-state index contributed by atoms with van der Waals surface area (Å²) >= 11 is 0. The molecule has 1 heterocycles. The minimum atomic E-state index is -0.256. The van der Waals surface area contributed by atoms with Gasteiger partial charge < -0.3 is 5.32 Å². The summed E-state index contributed by atoms with van der Waals surface area (Å²) in [6.07, 6.45) is 1.80. The zero-order valence-electron chi connectivity index (χ0n) is 15.2. The molecule has 0 radical (unpaired) electrons. The maximum atomic E-state index is 12.5. The second-order valence-electron chi connectivity index (χ2n) is 8.09. The molecule has 1 aromatic heterocycles. The lowest BCUT2D eigenvalue weighted by molar-refractivity contribution is 0.0919. The summed E-state index contributed by atoms with van der Waals surface area (Å²) in [5.74, 6) is -0.0516. The Kier molecular flexibility index (Phi) is 4.38. The molecule has 1 aromatic carbocycles. The third-order valence-corrected chi connectivity index (χ3v) is 3.40. The molecule has 2 aromatic rings. The molecule has 1 N–H and O–H groups in total. The third kappa shape index (κ3) is 4.21. The number of carbonyl (C=O) groups excluding carboxylic acids is 1. The Labute approximate surface area is 138 Å². The summed E-state index contributed by atoms with van der Waals surface area (Å²) in [7, 11) is 0.